The molecule has 0 saturated heterocycles. The predicted molar refractivity (Wildman–Crippen MR) is 100 cm³/mol. The van der Waals surface area contributed by atoms with E-state index in [1.807, 2.05) is 24.3 Å². The Morgan fingerprint density at radius 2 is 1.85 bits per heavy atom. The minimum absolute atomic E-state index is 0.113. The van der Waals surface area contributed by atoms with Crippen LogP contribution in [0.3, 0.4) is 0 Å². The van der Waals surface area contributed by atoms with Gasteiger partial charge in [-0.05, 0) is 42.0 Å². The lowest BCUT2D eigenvalue weighted by Gasteiger charge is -2.13. The van der Waals surface area contributed by atoms with Gasteiger partial charge in [-0.3, -0.25) is 9.78 Å². The van der Waals surface area contributed by atoms with E-state index in [2.05, 4.69) is 15.6 Å². The number of hydrogen-bond donors (Lipinski definition) is 3. The molecule has 0 aliphatic heterocycles. The molecule has 0 bridgehead atoms. The Balaban J connectivity index is 1.74. The molecule has 26 heavy (non-hydrogen) atoms. The van der Waals surface area contributed by atoms with Crippen molar-refractivity contribution in [2.75, 3.05) is 10.6 Å². The van der Waals surface area contributed by atoms with Gasteiger partial charge in [0.05, 0.1) is 5.56 Å². The summed E-state index contributed by atoms with van der Waals surface area (Å²) in [6.45, 7) is 0.675. The van der Waals surface area contributed by atoms with Crippen molar-refractivity contribution in [1.82, 2.24) is 4.98 Å². The van der Waals surface area contributed by atoms with E-state index in [1.54, 1.807) is 36.7 Å². The van der Waals surface area contributed by atoms with Gasteiger partial charge in [0.25, 0.3) is 5.91 Å². The monoisotopic (exact) mass is 350 g/mol. The fourth-order valence-electron chi connectivity index (χ4n) is 2.52. The number of hydrogen-bond acceptors (Lipinski definition) is 4. The van der Waals surface area contributed by atoms with Crippen LogP contribution in [0.2, 0.25) is 0 Å². The van der Waals surface area contributed by atoms with Gasteiger partial charge in [0, 0.05) is 42.4 Å². The summed E-state index contributed by atoms with van der Waals surface area (Å²) in [5.74, 6) is -0.753. The van der Waals surface area contributed by atoms with Crippen molar-refractivity contribution >= 4 is 17.3 Å². The van der Waals surface area contributed by atoms with E-state index < -0.39 is 5.82 Å². The molecule has 5 nitrogen and oxygen atoms in total. The first-order valence-corrected chi connectivity index (χ1v) is 8.19. The molecule has 3 aromatic rings. The van der Waals surface area contributed by atoms with Gasteiger partial charge in [-0.25, -0.2) is 4.39 Å². The molecule has 0 spiro atoms. The summed E-state index contributed by atoms with van der Waals surface area (Å²) in [7, 11) is 0. The third-order valence-corrected chi connectivity index (χ3v) is 3.93. The Morgan fingerprint density at radius 1 is 1.08 bits per heavy atom. The van der Waals surface area contributed by atoms with Crippen molar-refractivity contribution in [3.63, 3.8) is 0 Å². The summed E-state index contributed by atoms with van der Waals surface area (Å²) in [5.41, 5.74) is 8.47. The zero-order valence-corrected chi connectivity index (χ0v) is 14.1. The molecule has 1 amide bonds. The molecule has 0 unspecified atom stereocenters. The Hall–Kier alpha value is -3.25. The highest BCUT2D eigenvalue weighted by Gasteiger charge is 2.12. The number of pyridine rings is 1. The first-order valence-electron chi connectivity index (χ1n) is 8.19. The molecular formula is C20H19FN4O. The molecule has 0 radical (unpaired) electrons. The van der Waals surface area contributed by atoms with E-state index in [9.17, 15) is 9.18 Å². The van der Waals surface area contributed by atoms with Crippen LogP contribution in [0.15, 0.2) is 67.0 Å². The van der Waals surface area contributed by atoms with Crippen LogP contribution in [0.5, 0.6) is 0 Å². The molecule has 0 saturated carbocycles. The lowest BCUT2D eigenvalue weighted by atomic mass is 10.1. The zero-order chi connectivity index (χ0) is 18.4. The molecule has 0 aliphatic rings. The number of aromatic nitrogens is 1. The molecule has 0 atom stereocenters. The summed E-state index contributed by atoms with van der Waals surface area (Å²) < 4.78 is 13.8. The maximum atomic E-state index is 13.8. The van der Waals surface area contributed by atoms with Gasteiger partial charge < -0.3 is 16.4 Å². The number of nitrogens with two attached hydrogens (primary N) is 1. The molecule has 0 aliphatic carbocycles. The third kappa shape index (κ3) is 4.23. The van der Waals surface area contributed by atoms with Crippen LogP contribution in [0, 0.1) is 5.82 Å². The van der Waals surface area contributed by atoms with E-state index in [-0.39, 0.29) is 12.5 Å². The van der Waals surface area contributed by atoms with Crippen LogP contribution >= 0.6 is 0 Å². The van der Waals surface area contributed by atoms with E-state index in [0.29, 0.717) is 29.0 Å². The van der Waals surface area contributed by atoms with Crippen molar-refractivity contribution in [2.45, 2.75) is 13.1 Å². The van der Waals surface area contributed by atoms with Crippen LogP contribution < -0.4 is 16.4 Å². The van der Waals surface area contributed by atoms with Crippen molar-refractivity contribution in [1.29, 1.82) is 0 Å². The zero-order valence-electron chi connectivity index (χ0n) is 14.1. The molecule has 1 aromatic heterocycles. The average molecular weight is 350 g/mol. The van der Waals surface area contributed by atoms with Gasteiger partial charge in [-0.15, -0.1) is 0 Å². The molecule has 2 aromatic carbocycles. The van der Waals surface area contributed by atoms with Gasteiger partial charge in [0.15, 0.2) is 0 Å². The Bertz CT molecular complexity index is 899. The first kappa shape index (κ1) is 17.6. The number of rotatable bonds is 6. The highest BCUT2D eigenvalue weighted by atomic mass is 19.1. The van der Waals surface area contributed by atoms with Gasteiger partial charge in [0.2, 0.25) is 0 Å². The Labute approximate surface area is 151 Å². The van der Waals surface area contributed by atoms with Crippen LogP contribution in [-0.2, 0) is 13.1 Å². The van der Waals surface area contributed by atoms with Crippen LogP contribution in [-0.4, -0.2) is 10.9 Å². The number of carbonyl (C=O) groups is 1. The number of amides is 1. The standard InChI is InChI=1S/C20H19FN4O/c21-18-11-16(6-5-15(18)12-22)25-20(26)17-3-1-2-4-19(17)24-13-14-7-9-23-10-8-14/h1-11,24H,12-13,22H2,(H,25,26). The molecule has 6 heteroatoms. The average Bonchev–Trinajstić information content (AvgIpc) is 2.67. The van der Waals surface area contributed by atoms with Crippen LogP contribution in [0.25, 0.3) is 0 Å². The number of nitrogens with zero attached hydrogens (tertiary/aromatic N) is 1. The highest BCUT2D eigenvalue weighted by Crippen LogP contribution is 2.20. The summed E-state index contributed by atoms with van der Waals surface area (Å²) in [5, 5.41) is 5.97. The molecule has 0 fully saturated rings. The van der Waals surface area contributed by atoms with Crippen molar-refractivity contribution in [3.05, 3.63) is 89.5 Å². The minimum atomic E-state index is -0.436. The fourth-order valence-corrected chi connectivity index (χ4v) is 2.52. The Morgan fingerprint density at radius 3 is 2.58 bits per heavy atom. The van der Waals surface area contributed by atoms with Gasteiger partial charge >= 0.3 is 0 Å². The quantitative estimate of drug-likeness (QED) is 0.635. The summed E-state index contributed by atoms with van der Waals surface area (Å²) >= 11 is 0. The number of carbonyl (C=O) groups excluding carboxylic acids is 1. The van der Waals surface area contributed by atoms with Gasteiger partial charge in [-0.1, -0.05) is 18.2 Å². The molecule has 132 valence electrons. The fraction of sp³-hybridized carbons (Fsp3) is 0.100. The second-order valence-corrected chi connectivity index (χ2v) is 5.72. The van der Waals surface area contributed by atoms with E-state index in [4.69, 9.17) is 5.73 Å². The maximum Gasteiger partial charge on any atom is 0.257 e. The molecule has 3 rings (SSSR count). The number of nitrogens with one attached hydrogen (secondary N) is 2. The minimum Gasteiger partial charge on any atom is -0.380 e. The van der Waals surface area contributed by atoms with Crippen LogP contribution in [0.4, 0.5) is 15.8 Å². The van der Waals surface area contributed by atoms with E-state index >= 15 is 0 Å². The molecular weight excluding hydrogens is 331 g/mol. The number of anilines is 2. The van der Waals surface area contributed by atoms with Crippen molar-refractivity contribution in [2.24, 2.45) is 5.73 Å². The second-order valence-electron chi connectivity index (χ2n) is 5.72. The number of benzene rings is 2. The second kappa shape index (κ2) is 8.22. The van der Waals surface area contributed by atoms with Gasteiger partial charge in [-0.2, -0.15) is 0 Å². The topological polar surface area (TPSA) is 80.0 Å². The van der Waals surface area contributed by atoms with Crippen LogP contribution in [0.1, 0.15) is 21.5 Å². The summed E-state index contributed by atoms with van der Waals surface area (Å²) in [6, 6.07) is 15.5. The molecule has 1 heterocycles. The predicted octanol–water partition coefficient (Wildman–Crippen LogP) is 3.54. The number of para-hydroxylation sites is 1. The van der Waals surface area contributed by atoms with E-state index in [0.717, 1.165) is 5.56 Å². The largest absolute Gasteiger partial charge is 0.380 e. The SMILES string of the molecule is NCc1ccc(NC(=O)c2ccccc2NCc2ccncc2)cc1F. The number of halogens is 1. The van der Waals surface area contributed by atoms with E-state index in [1.165, 1.54) is 6.07 Å². The lowest BCUT2D eigenvalue weighted by molar-refractivity contribution is 0.102. The summed E-state index contributed by atoms with van der Waals surface area (Å²) in [4.78, 5) is 16.6. The van der Waals surface area contributed by atoms with Crippen molar-refractivity contribution < 1.29 is 9.18 Å². The Kier molecular flexibility index (Phi) is 5.56. The summed E-state index contributed by atoms with van der Waals surface area (Å²) in [6.07, 6.45) is 3.43. The van der Waals surface area contributed by atoms with Gasteiger partial charge in [0.1, 0.15) is 5.82 Å². The third-order valence-electron chi connectivity index (χ3n) is 3.93. The maximum absolute atomic E-state index is 13.8. The lowest BCUT2D eigenvalue weighted by Crippen LogP contribution is -2.15. The molecule has 4 N–H and O–H groups in total. The highest BCUT2D eigenvalue weighted by molar-refractivity contribution is 6.08. The normalized spacial score (nSPS) is 10.4. The van der Waals surface area contributed by atoms with Crippen molar-refractivity contribution in [3.8, 4) is 0 Å². The smallest absolute Gasteiger partial charge is 0.257 e. The first-order chi connectivity index (χ1) is 12.7.